The lowest BCUT2D eigenvalue weighted by Gasteiger charge is -2.25. The molecule has 0 saturated carbocycles. The number of carbonyl (C=O) groups is 3. The molecule has 1 aromatic carbocycles. The minimum Gasteiger partial charge on any atom is -0.493 e. The number of ether oxygens (including phenoxy) is 2. The number of hydrogen-bond acceptors (Lipinski definition) is 8. The summed E-state index contributed by atoms with van der Waals surface area (Å²) in [6.45, 7) is 4.68. The number of amides is 3. The van der Waals surface area contributed by atoms with Crippen LogP contribution in [0.3, 0.4) is 0 Å². The van der Waals surface area contributed by atoms with Crippen molar-refractivity contribution in [3.63, 3.8) is 0 Å². The molecule has 236 valence electrons. The molecule has 13 nitrogen and oxygen atoms in total. The zero-order chi connectivity index (χ0) is 31.3. The van der Waals surface area contributed by atoms with Crippen LogP contribution in [0.5, 0.6) is 11.5 Å². The van der Waals surface area contributed by atoms with Crippen LogP contribution >= 0.6 is 0 Å². The first-order valence-corrected chi connectivity index (χ1v) is 15.4. The van der Waals surface area contributed by atoms with Gasteiger partial charge in [0.25, 0.3) is 5.91 Å². The van der Waals surface area contributed by atoms with Crippen molar-refractivity contribution in [3.05, 3.63) is 66.0 Å². The third-order valence-electron chi connectivity index (χ3n) is 8.64. The molecule has 4 aromatic rings. The van der Waals surface area contributed by atoms with Gasteiger partial charge in [-0.05, 0) is 36.2 Å². The van der Waals surface area contributed by atoms with Crippen LogP contribution in [0.25, 0.3) is 11.0 Å². The number of aromatic amines is 1. The standard InChI is InChI=1S/C32H38N8O5/c1-3-28-33-11-14-38(28)13-9-29(41)40-19-23-21-6-8-26(44-2)27(17-21)45-16-15-39(12-4-10-34-31(42)24(23)20-40)32(43)25-7-5-22-18-35-37-30(22)36-25/h5-8,11,14,17-18,23-24H,3-4,9-10,12-13,15-16,19-20H2,1-2H3,(H,34,42)(H,35,36,37)/t23-,24+/m1/s1. The molecule has 13 heteroatoms. The minimum atomic E-state index is -0.430. The maximum atomic E-state index is 13.6. The number of imidazole rings is 1. The first kappa shape index (κ1) is 30.1. The van der Waals surface area contributed by atoms with E-state index in [9.17, 15) is 14.4 Å². The number of rotatable bonds is 6. The Morgan fingerprint density at radius 2 is 1.98 bits per heavy atom. The Kier molecular flexibility index (Phi) is 8.94. The fraction of sp³-hybridized carbons (Fsp3) is 0.438. The van der Waals surface area contributed by atoms with Crippen LogP contribution < -0.4 is 14.8 Å². The van der Waals surface area contributed by atoms with Crippen LogP contribution in [0.2, 0.25) is 0 Å². The molecule has 2 atom stereocenters. The highest BCUT2D eigenvalue weighted by molar-refractivity contribution is 5.94. The predicted molar refractivity (Wildman–Crippen MR) is 165 cm³/mol. The number of nitrogens with zero attached hydrogens (tertiary/aromatic N) is 6. The van der Waals surface area contributed by atoms with Gasteiger partial charge in [0, 0.05) is 69.3 Å². The van der Waals surface area contributed by atoms with Crippen LogP contribution in [0.15, 0.2) is 48.9 Å². The van der Waals surface area contributed by atoms with Gasteiger partial charge in [0.05, 0.1) is 25.8 Å². The van der Waals surface area contributed by atoms with E-state index in [1.807, 2.05) is 42.0 Å². The van der Waals surface area contributed by atoms with Gasteiger partial charge >= 0.3 is 0 Å². The van der Waals surface area contributed by atoms with Gasteiger partial charge in [-0.15, -0.1) is 0 Å². The lowest BCUT2D eigenvalue weighted by molar-refractivity contribution is -0.131. The lowest BCUT2D eigenvalue weighted by atomic mass is 9.88. The Labute approximate surface area is 260 Å². The van der Waals surface area contributed by atoms with Gasteiger partial charge in [0.15, 0.2) is 17.1 Å². The first-order valence-electron chi connectivity index (χ1n) is 15.4. The molecule has 0 unspecified atom stereocenters. The predicted octanol–water partition coefficient (Wildman–Crippen LogP) is 2.40. The molecule has 0 spiro atoms. The van der Waals surface area contributed by atoms with E-state index in [-0.39, 0.29) is 30.2 Å². The van der Waals surface area contributed by atoms with E-state index in [1.165, 1.54) is 0 Å². The van der Waals surface area contributed by atoms with Gasteiger partial charge in [-0.25, -0.2) is 9.97 Å². The molecule has 3 aromatic heterocycles. The number of carbonyl (C=O) groups excluding carboxylic acids is 3. The molecule has 2 aliphatic heterocycles. The summed E-state index contributed by atoms with van der Waals surface area (Å²) < 4.78 is 13.8. The molecular weight excluding hydrogens is 576 g/mol. The van der Waals surface area contributed by atoms with Crippen molar-refractivity contribution in [3.8, 4) is 11.5 Å². The molecule has 2 aliphatic rings. The number of fused-ring (bicyclic) bond motifs is 5. The molecule has 45 heavy (non-hydrogen) atoms. The Bertz CT molecular complexity index is 1680. The van der Waals surface area contributed by atoms with Crippen LogP contribution in [-0.2, 0) is 22.6 Å². The van der Waals surface area contributed by atoms with Crippen LogP contribution in [0.4, 0.5) is 0 Å². The molecule has 0 aliphatic carbocycles. The van der Waals surface area contributed by atoms with E-state index < -0.39 is 5.92 Å². The summed E-state index contributed by atoms with van der Waals surface area (Å²) in [6, 6.07) is 9.15. The second-order valence-electron chi connectivity index (χ2n) is 11.4. The summed E-state index contributed by atoms with van der Waals surface area (Å²) in [7, 11) is 1.57. The molecule has 2 bridgehead atoms. The number of aryl methyl sites for hydroxylation is 2. The van der Waals surface area contributed by atoms with Gasteiger partial charge in [-0.1, -0.05) is 13.0 Å². The normalized spacial score (nSPS) is 19.0. The molecule has 1 saturated heterocycles. The SMILES string of the molecule is CCc1nccn1CCC(=O)N1C[C@@H]2C(=O)NCCCN(C(=O)c3ccc4cn[nH]c4n3)CCOc3cc(ccc3OC)[C@H]2C1. The maximum absolute atomic E-state index is 13.6. The van der Waals surface area contributed by atoms with E-state index in [0.29, 0.717) is 75.0 Å². The lowest BCUT2D eigenvalue weighted by Crippen LogP contribution is -2.39. The van der Waals surface area contributed by atoms with E-state index in [4.69, 9.17) is 9.47 Å². The molecule has 1 fully saturated rings. The van der Waals surface area contributed by atoms with E-state index in [2.05, 4.69) is 25.5 Å². The number of benzene rings is 1. The van der Waals surface area contributed by atoms with Crippen molar-refractivity contribution in [1.82, 2.24) is 39.8 Å². The van der Waals surface area contributed by atoms with Crippen LogP contribution in [0.1, 0.15) is 47.6 Å². The third-order valence-corrected chi connectivity index (χ3v) is 8.64. The number of pyridine rings is 1. The summed E-state index contributed by atoms with van der Waals surface area (Å²) in [4.78, 5) is 52.7. The van der Waals surface area contributed by atoms with Gasteiger partial charge in [-0.3, -0.25) is 19.5 Å². The number of methoxy groups -OCH3 is 1. The van der Waals surface area contributed by atoms with Crippen molar-refractivity contribution >= 4 is 28.8 Å². The average Bonchev–Trinajstić information content (AvgIpc) is 3.83. The Morgan fingerprint density at radius 3 is 2.82 bits per heavy atom. The van der Waals surface area contributed by atoms with Crippen molar-refractivity contribution < 1.29 is 23.9 Å². The van der Waals surface area contributed by atoms with E-state index in [1.54, 1.807) is 35.4 Å². The highest BCUT2D eigenvalue weighted by Crippen LogP contribution is 2.38. The Balaban J connectivity index is 1.20. The summed E-state index contributed by atoms with van der Waals surface area (Å²) in [6.07, 6.45) is 6.97. The Morgan fingerprint density at radius 1 is 1.11 bits per heavy atom. The highest BCUT2D eigenvalue weighted by atomic mass is 16.5. The molecule has 3 amide bonds. The van der Waals surface area contributed by atoms with Gasteiger partial charge in [0.2, 0.25) is 11.8 Å². The van der Waals surface area contributed by atoms with E-state index >= 15 is 0 Å². The smallest absolute Gasteiger partial charge is 0.272 e. The quantitative estimate of drug-likeness (QED) is 0.337. The molecule has 0 radical (unpaired) electrons. The number of likely N-dealkylation sites (tertiary alicyclic amines) is 1. The van der Waals surface area contributed by atoms with Crippen LogP contribution in [-0.4, -0.2) is 98.7 Å². The molecule has 2 N–H and O–H groups in total. The van der Waals surface area contributed by atoms with Crippen molar-refractivity contribution in [2.75, 3.05) is 46.4 Å². The molecule has 5 heterocycles. The number of nitrogens with one attached hydrogen (secondary N) is 2. The number of H-pyrrole nitrogens is 1. The second-order valence-corrected chi connectivity index (χ2v) is 11.4. The summed E-state index contributed by atoms with van der Waals surface area (Å²) in [5, 5.41) is 10.7. The molecule has 6 rings (SSSR count). The zero-order valence-corrected chi connectivity index (χ0v) is 25.6. The van der Waals surface area contributed by atoms with E-state index in [0.717, 1.165) is 23.2 Å². The minimum absolute atomic E-state index is 0.00466. The Hall–Kier alpha value is -4.94. The summed E-state index contributed by atoms with van der Waals surface area (Å²) >= 11 is 0. The maximum Gasteiger partial charge on any atom is 0.272 e. The third kappa shape index (κ3) is 6.47. The number of hydrogen-bond donors (Lipinski definition) is 2. The largest absolute Gasteiger partial charge is 0.493 e. The average molecular weight is 615 g/mol. The fourth-order valence-electron chi connectivity index (χ4n) is 6.18. The summed E-state index contributed by atoms with van der Waals surface area (Å²) in [5.74, 6) is 1.04. The summed E-state index contributed by atoms with van der Waals surface area (Å²) in [5.41, 5.74) is 1.74. The van der Waals surface area contributed by atoms with Crippen molar-refractivity contribution in [2.45, 2.75) is 38.6 Å². The highest BCUT2D eigenvalue weighted by Gasteiger charge is 2.40. The van der Waals surface area contributed by atoms with Crippen LogP contribution in [0, 0.1) is 5.92 Å². The van der Waals surface area contributed by atoms with Crippen molar-refractivity contribution in [2.24, 2.45) is 5.92 Å². The number of aromatic nitrogens is 5. The monoisotopic (exact) mass is 614 g/mol. The second kappa shape index (κ2) is 13.4. The van der Waals surface area contributed by atoms with Crippen molar-refractivity contribution in [1.29, 1.82) is 0 Å². The van der Waals surface area contributed by atoms with Gasteiger partial charge < -0.3 is 29.2 Å². The first-order chi connectivity index (χ1) is 21.9. The van der Waals surface area contributed by atoms with Gasteiger partial charge in [-0.2, -0.15) is 5.10 Å². The topological polar surface area (TPSA) is 148 Å². The molecular formula is C32H38N8O5. The fourth-order valence-corrected chi connectivity index (χ4v) is 6.18. The zero-order valence-electron chi connectivity index (χ0n) is 25.6. The van der Waals surface area contributed by atoms with Gasteiger partial charge in [0.1, 0.15) is 18.1 Å².